The molecule has 1 aliphatic heterocycles. The number of aromatic nitrogens is 5. The van der Waals surface area contributed by atoms with E-state index in [0.717, 1.165) is 0 Å². The number of fused-ring (bicyclic) bond motifs is 1. The Bertz CT molecular complexity index is 1390. The van der Waals surface area contributed by atoms with Crippen LogP contribution in [-0.2, 0) is 0 Å². The van der Waals surface area contributed by atoms with Gasteiger partial charge in [0, 0.05) is 11.1 Å². The molecule has 4 aromatic rings. The molecule has 0 atom stereocenters. The van der Waals surface area contributed by atoms with Crippen LogP contribution in [0.15, 0.2) is 52.2 Å². The minimum absolute atomic E-state index is 0.0356. The molecular formula is C20H16N8O5. The maximum absolute atomic E-state index is 13.0. The van der Waals surface area contributed by atoms with Gasteiger partial charge in [-0.2, -0.15) is 9.78 Å². The summed E-state index contributed by atoms with van der Waals surface area (Å²) in [6.45, 7) is 1.78. The molecule has 2 aromatic heterocycles. The first-order chi connectivity index (χ1) is 16.0. The first-order valence-corrected chi connectivity index (χ1v) is 9.59. The number of carbonyl (C=O) groups excluding carboxylic acids is 1. The Balaban J connectivity index is 1.53. The molecule has 5 rings (SSSR count). The number of benzene rings is 2. The third-order valence-corrected chi connectivity index (χ3v) is 4.82. The molecule has 0 spiro atoms. The molecule has 0 aliphatic carbocycles. The summed E-state index contributed by atoms with van der Waals surface area (Å²) in [5, 5.41) is 29.1. The highest BCUT2D eigenvalue weighted by atomic mass is 16.7. The Morgan fingerprint density at radius 3 is 2.82 bits per heavy atom. The molecule has 0 bridgehead atoms. The van der Waals surface area contributed by atoms with E-state index in [9.17, 15) is 9.90 Å². The van der Waals surface area contributed by atoms with E-state index in [-0.39, 0.29) is 35.6 Å². The lowest BCUT2D eigenvalue weighted by atomic mass is 10.1. The molecule has 1 amide bonds. The van der Waals surface area contributed by atoms with Crippen molar-refractivity contribution in [3.8, 4) is 34.3 Å². The van der Waals surface area contributed by atoms with E-state index < -0.39 is 5.91 Å². The number of amides is 1. The summed E-state index contributed by atoms with van der Waals surface area (Å²) in [7, 11) is 0. The number of nitrogens with one attached hydrogen (secondary N) is 1. The fourth-order valence-electron chi connectivity index (χ4n) is 3.21. The van der Waals surface area contributed by atoms with Gasteiger partial charge in [-0.1, -0.05) is 17.3 Å². The van der Waals surface area contributed by atoms with Crippen molar-refractivity contribution >= 4 is 17.4 Å². The molecule has 4 N–H and O–H groups in total. The Labute approximate surface area is 185 Å². The van der Waals surface area contributed by atoms with Gasteiger partial charge >= 0.3 is 0 Å². The molecular weight excluding hydrogens is 432 g/mol. The van der Waals surface area contributed by atoms with E-state index in [1.807, 2.05) is 0 Å². The van der Waals surface area contributed by atoms with Crippen LogP contribution >= 0.6 is 0 Å². The van der Waals surface area contributed by atoms with Crippen molar-refractivity contribution in [3.05, 3.63) is 53.7 Å². The second-order valence-electron chi connectivity index (χ2n) is 6.93. The van der Waals surface area contributed by atoms with Crippen LogP contribution in [0.1, 0.15) is 23.0 Å². The first-order valence-electron chi connectivity index (χ1n) is 9.59. The van der Waals surface area contributed by atoms with Crippen molar-refractivity contribution in [1.29, 1.82) is 0 Å². The van der Waals surface area contributed by atoms with Gasteiger partial charge in [0.1, 0.15) is 11.4 Å². The number of rotatable bonds is 5. The normalized spacial score (nSPS) is 12.7. The number of hydrazone groups is 1. The molecule has 0 fully saturated rings. The third-order valence-electron chi connectivity index (χ3n) is 4.82. The van der Waals surface area contributed by atoms with Gasteiger partial charge in [-0.3, -0.25) is 4.79 Å². The zero-order chi connectivity index (χ0) is 22.9. The number of hydrogen-bond donors (Lipinski definition) is 3. The minimum Gasteiger partial charge on any atom is -0.508 e. The number of aromatic hydroxyl groups is 1. The van der Waals surface area contributed by atoms with Gasteiger partial charge in [-0.25, -0.2) is 10.1 Å². The predicted octanol–water partition coefficient (Wildman–Crippen LogP) is 1.49. The molecule has 166 valence electrons. The maximum atomic E-state index is 13.0. The highest BCUT2D eigenvalue weighted by Crippen LogP contribution is 2.37. The summed E-state index contributed by atoms with van der Waals surface area (Å²) in [4.78, 5) is 13.0. The number of carbonyl (C=O) groups is 1. The van der Waals surface area contributed by atoms with Crippen LogP contribution in [0.5, 0.6) is 17.2 Å². The first kappa shape index (κ1) is 20.0. The summed E-state index contributed by atoms with van der Waals surface area (Å²) >= 11 is 0. The van der Waals surface area contributed by atoms with Crippen molar-refractivity contribution in [2.45, 2.75) is 6.92 Å². The van der Waals surface area contributed by atoms with Crippen LogP contribution in [0.2, 0.25) is 0 Å². The lowest BCUT2D eigenvalue weighted by Gasteiger charge is -2.07. The number of anilines is 1. The predicted molar refractivity (Wildman–Crippen MR) is 113 cm³/mol. The molecule has 0 saturated heterocycles. The van der Waals surface area contributed by atoms with E-state index >= 15 is 0 Å². The summed E-state index contributed by atoms with van der Waals surface area (Å²) in [5.74, 6) is 0.539. The fourth-order valence-corrected chi connectivity index (χ4v) is 3.21. The highest BCUT2D eigenvalue weighted by Gasteiger charge is 2.27. The smallest absolute Gasteiger partial charge is 0.294 e. The average molecular weight is 448 g/mol. The quantitative estimate of drug-likeness (QED) is 0.299. The Kier molecular flexibility index (Phi) is 4.82. The van der Waals surface area contributed by atoms with E-state index in [2.05, 4.69) is 35.8 Å². The van der Waals surface area contributed by atoms with Crippen LogP contribution in [-0.4, -0.2) is 48.8 Å². The second-order valence-corrected chi connectivity index (χ2v) is 6.93. The standard InChI is InChI=1S/C20H16N8O5/c1-10(11-3-2-4-13(29)7-11)22-24-20(30)16-17(12-5-6-14-15(8-12)32-9-31-14)28(27-23-16)19-18(21)25-33-26-19/h2-8,29H,9H2,1H3,(H2,21,25)(H,24,30)/b22-10+. The monoisotopic (exact) mass is 448 g/mol. The Hall–Kier alpha value is -4.94. The minimum atomic E-state index is -0.636. The van der Waals surface area contributed by atoms with Gasteiger partial charge in [-0.05, 0) is 47.6 Å². The second kappa shape index (κ2) is 7.96. The lowest BCUT2D eigenvalue weighted by molar-refractivity contribution is 0.0950. The number of nitrogen functional groups attached to an aromatic ring is 1. The molecule has 0 unspecified atom stereocenters. The highest BCUT2D eigenvalue weighted by molar-refractivity contribution is 6.02. The molecule has 0 radical (unpaired) electrons. The van der Waals surface area contributed by atoms with Gasteiger partial charge < -0.3 is 20.3 Å². The Morgan fingerprint density at radius 1 is 1.18 bits per heavy atom. The van der Waals surface area contributed by atoms with E-state index in [4.69, 9.17) is 15.2 Å². The fraction of sp³-hybridized carbons (Fsp3) is 0.100. The molecule has 2 aromatic carbocycles. The van der Waals surface area contributed by atoms with Crippen molar-refractivity contribution in [2.24, 2.45) is 5.10 Å². The maximum Gasteiger partial charge on any atom is 0.294 e. The van der Waals surface area contributed by atoms with Crippen molar-refractivity contribution in [1.82, 2.24) is 30.7 Å². The number of nitrogens with two attached hydrogens (primary N) is 1. The van der Waals surface area contributed by atoms with Crippen LogP contribution < -0.4 is 20.6 Å². The average Bonchev–Trinajstić information content (AvgIpc) is 3.55. The summed E-state index contributed by atoms with van der Waals surface area (Å²) in [5.41, 5.74) is 10.1. The van der Waals surface area contributed by atoms with Crippen LogP contribution in [0.3, 0.4) is 0 Å². The zero-order valence-electron chi connectivity index (χ0n) is 17.1. The van der Waals surface area contributed by atoms with Crippen LogP contribution in [0.25, 0.3) is 17.1 Å². The van der Waals surface area contributed by atoms with Crippen molar-refractivity contribution < 1.29 is 24.0 Å². The number of hydrogen-bond acceptors (Lipinski definition) is 11. The lowest BCUT2D eigenvalue weighted by Crippen LogP contribution is -2.21. The molecule has 1 aliphatic rings. The molecule has 0 saturated carbocycles. The van der Waals surface area contributed by atoms with E-state index in [1.165, 1.54) is 16.8 Å². The summed E-state index contributed by atoms with van der Waals surface area (Å²) in [6, 6.07) is 11.6. The zero-order valence-corrected chi connectivity index (χ0v) is 17.1. The van der Waals surface area contributed by atoms with Gasteiger partial charge in [0.25, 0.3) is 5.91 Å². The largest absolute Gasteiger partial charge is 0.508 e. The van der Waals surface area contributed by atoms with Crippen LogP contribution in [0, 0.1) is 0 Å². The van der Waals surface area contributed by atoms with Crippen LogP contribution in [0.4, 0.5) is 5.82 Å². The van der Waals surface area contributed by atoms with Gasteiger partial charge in [-0.15, -0.1) is 5.10 Å². The topological polar surface area (TPSA) is 176 Å². The number of ether oxygens (including phenoxy) is 2. The molecule has 13 heteroatoms. The number of nitrogens with zero attached hydrogens (tertiary/aromatic N) is 6. The summed E-state index contributed by atoms with van der Waals surface area (Å²) < 4.78 is 16.7. The number of phenols is 1. The molecule has 13 nitrogen and oxygen atoms in total. The van der Waals surface area contributed by atoms with Crippen molar-refractivity contribution in [3.63, 3.8) is 0 Å². The third kappa shape index (κ3) is 3.67. The SMILES string of the molecule is C/C(=N\NC(=O)c1nnn(-c2nonc2N)c1-c1ccc2c(c1)OCO2)c1cccc(O)c1. The van der Waals surface area contributed by atoms with Gasteiger partial charge in [0.05, 0.1) is 5.71 Å². The number of phenolic OH excluding ortho intramolecular Hbond substituents is 1. The summed E-state index contributed by atoms with van der Waals surface area (Å²) in [6.07, 6.45) is 0. The Morgan fingerprint density at radius 2 is 2.03 bits per heavy atom. The van der Waals surface area contributed by atoms with Gasteiger partial charge in [0.15, 0.2) is 17.2 Å². The van der Waals surface area contributed by atoms with E-state index in [1.54, 1.807) is 37.3 Å². The molecule has 33 heavy (non-hydrogen) atoms. The van der Waals surface area contributed by atoms with Gasteiger partial charge in [0.2, 0.25) is 18.4 Å². The van der Waals surface area contributed by atoms with Crippen molar-refractivity contribution in [2.75, 3.05) is 12.5 Å². The molecule has 3 heterocycles. The van der Waals surface area contributed by atoms with E-state index in [0.29, 0.717) is 28.3 Å².